The van der Waals surface area contributed by atoms with Crippen molar-refractivity contribution in [3.05, 3.63) is 29.3 Å². The van der Waals surface area contributed by atoms with Gasteiger partial charge >= 0.3 is 5.97 Å². The molecular formula is C15H21NO4. The minimum atomic E-state index is -0.950. The Labute approximate surface area is 119 Å². The van der Waals surface area contributed by atoms with Gasteiger partial charge in [-0.05, 0) is 37.0 Å². The molecule has 0 saturated heterocycles. The Bertz CT molecular complexity index is 497. The molecule has 110 valence electrons. The van der Waals surface area contributed by atoms with Crippen LogP contribution in [0.15, 0.2) is 18.2 Å². The second-order valence-corrected chi connectivity index (χ2v) is 5.00. The molecular weight excluding hydrogens is 258 g/mol. The summed E-state index contributed by atoms with van der Waals surface area (Å²) in [6.45, 7) is 7.23. The Morgan fingerprint density at radius 2 is 1.90 bits per heavy atom. The van der Waals surface area contributed by atoms with Crippen LogP contribution < -0.4 is 10.5 Å². The number of aryl methyl sites for hydroxylation is 1. The highest BCUT2D eigenvalue weighted by Crippen LogP contribution is 2.24. The minimum Gasteiger partial charge on any atom is -0.482 e. The van der Waals surface area contributed by atoms with Crippen molar-refractivity contribution in [1.82, 2.24) is 0 Å². The number of hydrogen-bond donors (Lipinski definition) is 1. The summed E-state index contributed by atoms with van der Waals surface area (Å²) in [5, 5.41) is 0. The van der Waals surface area contributed by atoms with E-state index in [0.717, 1.165) is 11.1 Å². The summed E-state index contributed by atoms with van der Waals surface area (Å²) in [5.41, 5.74) is 7.08. The molecule has 1 aromatic carbocycles. The van der Waals surface area contributed by atoms with E-state index >= 15 is 0 Å². The maximum atomic E-state index is 11.5. The van der Waals surface area contributed by atoms with Crippen molar-refractivity contribution in [2.75, 3.05) is 6.61 Å². The zero-order valence-electron chi connectivity index (χ0n) is 12.3. The second kappa shape index (κ2) is 6.93. The normalized spacial score (nSPS) is 12.1. The van der Waals surface area contributed by atoms with E-state index in [2.05, 4.69) is 13.8 Å². The van der Waals surface area contributed by atoms with Crippen LogP contribution in [0.25, 0.3) is 0 Å². The van der Waals surface area contributed by atoms with Gasteiger partial charge in [0.25, 0.3) is 5.91 Å². The number of benzene rings is 1. The Balaban J connectivity index is 2.63. The molecule has 0 radical (unpaired) electrons. The molecule has 0 fully saturated rings. The first kappa shape index (κ1) is 16.0. The molecule has 1 amide bonds. The average molecular weight is 279 g/mol. The predicted molar refractivity (Wildman–Crippen MR) is 75.5 cm³/mol. The number of nitrogens with two attached hydrogens (primary N) is 1. The summed E-state index contributed by atoms with van der Waals surface area (Å²) in [4.78, 5) is 22.3. The summed E-state index contributed by atoms with van der Waals surface area (Å²) in [5.74, 6) is -0.290. The molecule has 0 saturated carbocycles. The third-order valence-corrected chi connectivity index (χ3v) is 2.93. The summed E-state index contributed by atoms with van der Waals surface area (Å²) in [6, 6.07) is 5.88. The standard InChI is InChI=1S/C15H21NO4/c1-9(2)12-6-5-10(3)13(7-12)19-8-14(17)20-11(4)15(16)18/h5-7,9,11H,8H2,1-4H3,(H2,16,18)/t11-/m0/s1. The van der Waals surface area contributed by atoms with Crippen LogP contribution in [0.5, 0.6) is 5.75 Å². The molecule has 0 unspecified atom stereocenters. The lowest BCUT2D eigenvalue weighted by molar-refractivity contribution is -0.155. The quantitative estimate of drug-likeness (QED) is 0.807. The van der Waals surface area contributed by atoms with Gasteiger partial charge in [-0.3, -0.25) is 4.79 Å². The molecule has 1 aromatic rings. The van der Waals surface area contributed by atoms with Crippen molar-refractivity contribution < 1.29 is 19.1 Å². The minimum absolute atomic E-state index is 0.250. The number of carbonyl (C=O) groups is 2. The van der Waals surface area contributed by atoms with Gasteiger partial charge in [0.2, 0.25) is 0 Å². The van der Waals surface area contributed by atoms with Gasteiger partial charge in [0.15, 0.2) is 12.7 Å². The molecule has 0 aliphatic rings. The molecule has 0 aromatic heterocycles. The molecule has 0 heterocycles. The fourth-order valence-electron chi connectivity index (χ4n) is 1.56. The molecule has 0 aliphatic carbocycles. The molecule has 1 rings (SSSR count). The number of esters is 1. The van der Waals surface area contributed by atoms with Crippen LogP contribution in [0.3, 0.4) is 0 Å². The van der Waals surface area contributed by atoms with Crippen LogP contribution in [0.2, 0.25) is 0 Å². The van der Waals surface area contributed by atoms with E-state index in [4.69, 9.17) is 15.2 Å². The third kappa shape index (κ3) is 4.57. The largest absolute Gasteiger partial charge is 0.482 e. The van der Waals surface area contributed by atoms with Gasteiger partial charge in [0.1, 0.15) is 5.75 Å². The first-order valence-corrected chi connectivity index (χ1v) is 6.53. The highest BCUT2D eigenvalue weighted by Gasteiger charge is 2.15. The maximum absolute atomic E-state index is 11.5. The lowest BCUT2D eigenvalue weighted by atomic mass is 10.0. The second-order valence-electron chi connectivity index (χ2n) is 5.00. The van der Waals surface area contributed by atoms with Gasteiger partial charge in [0.05, 0.1) is 0 Å². The predicted octanol–water partition coefficient (Wildman–Crippen LogP) is 1.91. The first-order valence-electron chi connectivity index (χ1n) is 6.53. The lowest BCUT2D eigenvalue weighted by Gasteiger charge is -2.13. The Kier molecular flexibility index (Phi) is 5.55. The average Bonchev–Trinajstić information content (AvgIpc) is 2.37. The van der Waals surface area contributed by atoms with Crippen LogP contribution >= 0.6 is 0 Å². The highest BCUT2D eigenvalue weighted by atomic mass is 16.6. The Morgan fingerprint density at radius 3 is 2.45 bits per heavy atom. The number of ether oxygens (including phenoxy) is 2. The third-order valence-electron chi connectivity index (χ3n) is 2.93. The van der Waals surface area contributed by atoms with Crippen LogP contribution in [0, 0.1) is 6.92 Å². The molecule has 0 aliphatic heterocycles. The van der Waals surface area contributed by atoms with Crippen LogP contribution in [0.1, 0.15) is 37.8 Å². The van der Waals surface area contributed by atoms with E-state index < -0.39 is 18.0 Å². The van der Waals surface area contributed by atoms with Gasteiger partial charge in [0, 0.05) is 0 Å². The van der Waals surface area contributed by atoms with E-state index in [-0.39, 0.29) is 6.61 Å². The molecule has 0 bridgehead atoms. The van der Waals surface area contributed by atoms with Gasteiger partial charge < -0.3 is 15.2 Å². The van der Waals surface area contributed by atoms with E-state index in [0.29, 0.717) is 11.7 Å². The van der Waals surface area contributed by atoms with Gasteiger partial charge in [-0.1, -0.05) is 26.0 Å². The van der Waals surface area contributed by atoms with Crippen molar-refractivity contribution in [3.63, 3.8) is 0 Å². The monoisotopic (exact) mass is 279 g/mol. The molecule has 1 atom stereocenters. The first-order chi connectivity index (χ1) is 9.31. The molecule has 0 spiro atoms. The molecule has 5 heteroatoms. The Morgan fingerprint density at radius 1 is 1.25 bits per heavy atom. The molecule has 5 nitrogen and oxygen atoms in total. The summed E-state index contributed by atoms with van der Waals surface area (Å²) in [7, 11) is 0. The Hall–Kier alpha value is -2.04. The molecule has 2 N–H and O–H groups in total. The van der Waals surface area contributed by atoms with E-state index in [1.54, 1.807) is 0 Å². The van der Waals surface area contributed by atoms with Crippen molar-refractivity contribution in [3.8, 4) is 5.75 Å². The van der Waals surface area contributed by atoms with Crippen LogP contribution in [-0.4, -0.2) is 24.6 Å². The summed E-state index contributed by atoms with van der Waals surface area (Å²) in [6.07, 6.45) is -0.950. The fraction of sp³-hybridized carbons (Fsp3) is 0.467. The van der Waals surface area contributed by atoms with Crippen LogP contribution in [0.4, 0.5) is 0 Å². The zero-order valence-corrected chi connectivity index (χ0v) is 12.3. The van der Waals surface area contributed by atoms with Crippen molar-refractivity contribution in [1.29, 1.82) is 0 Å². The lowest BCUT2D eigenvalue weighted by Crippen LogP contribution is -2.32. The van der Waals surface area contributed by atoms with E-state index in [1.165, 1.54) is 6.92 Å². The van der Waals surface area contributed by atoms with Gasteiger partial charge in [-0.15, -0.1) is 0 Å². The topological polar surface area (TPSA) is 78.6 Å². The van der Waals surface area contributed by atoms with E-state index in [9.17, 15) is 9.59 Å². The smallest absolute Gasteiger partial charge is 0.344 e. The number of carbonyl (C=O) groups excluding carboxylic acids is 2. The summed E-state index contributed by atoms with van der Waals surface area (Å²) < 4.78 is 10.3. The highest BCUT2D eigenvalue weighted by molar-refractivity contribution is 5.82. The number of amides is 1. The fourth-order valence-corrected chi connectivity index (χ4v) is 1.56. The van der Waals surface area contributed by atoms with Crippen LogP contribution in [-0.2, 0) is 14.3 Å². The van der Waals surface area contributed by atoms with Gasteiger partial charge in [-0.25, -0.2) is 4.79 Å². The van der Waals surface area contributed by atoms with E-state index in [1.807, 2.05) is 25.1 Å². The van der Waals surface area contributed by atoms with Crippen molar-refractivity contribution >= 4 is 11.9 Å². The van der Waals surface area contributed by atoms with Crippen molar-refractivity contribution in [2.24, 2.45) is 5.73 Å². The number of hydrogen-bond acceptors (Lipinski definition) is 4. The van der Waals surface area contributed by atoms with Gasteiger partial charge in [-0.2, -0.15) is 0 Å². The summed E-state index contributed by atoms with van der Waals surface area (Å²) >= 11 is 0. The zero-order chi connectivity index (χ0) is 15.3. The molecule has 20 heavy (non-hydrogen) atoms. The number of primary amides is 1. The maximum Gasteiger partial charge on any atom is 0.344 e. The SMILES string of the molecule is Cc1ccc(C(C)C)cc1OCC(=O)O[C@@H](C)C(N)=O. The van der Waals surface area contributed by atoms with Crippen molar-refractivity contribution in [2.45, 2.75) is 39.7 Å². The number of rotatable bonds is 6.